The highest BCUT2D eigenvalue weighted by molar-refractivity contribution is 6.34. The van der Waals surface area contributed by atoms with E-state index < -0.39 is 17.4 Å². The molecule has 0 spiro atoms. The zero-order chi connectivity index (χ0) is 14.6. The van der Waals surface area contributed by atoms with E-state index in [-0.39, 0.29) is 13.2 Å². The Labute approximate surface area is 122 Å². The summed E-state index contributed by atoms with van der Waals surface area (Å²) in [5.41, 5.74) is -0.113. The molecule has 3 N–H and O–H groups in total. The van der Waals surface area contributed by atoms with Gasteiger partial charge in [-0.1, -0.05) is 37.0 Å². The van der Waals surface area contributed by atoms with E-state index in [9.17, 15) is 9.90 Å². The van der Waals surface area contributed by atoms with Crippen molar-refractivity contribution in [1.29, 1.82) is 0 Å². The summed E-state index contributed by atoms with van der Waals surface area (Å²) in [5, 5.41) is 22.3. The minimum atomic E-state index is -1.34. The largest absolute Gasteiger partial charge is 0.396 e. The smallest absolute Gasteiger partial charge is 0.253 e. The lowest BCUT2D eigenvalue weighted by atomic mass is 9.95. The Bertz CT molecular complexity index is 443. The summed E-state index contributed by atoms with van der Waals surface area (Å²) in [7, 11) is 0. The molecule has 0 saturated carbocycles. The summed E-state index contributed by atoms with van der Waals surface area (Å²) in [6, 6.07) is 4.48. The van der Waals surface area contributed by atoms with Gasteiger partial charge in [-0.05, 0) is 23.8 Å². The molecule has 0 saturated heterocycles. The molecule has 4 nitrogen and oxygen atoms in total. The number of carbonyl (C=O) groups is 1. The van der Waals surface area contributed by atoms with Crippen molar-refractivity contribution in [1.82, 2.24) is 5.32 Å². The fourth-order valence-corrected chi connectivity index (χ4v) is 1.91. The number of rotatable bonds is 5. The van der Waals surface area contributed by atoms with Gasteiger partial charge in [0.05, 0.1) is 0 Å². The molecule has 6 heteroatoms. The third kappa shape index (κ3) is 4.99. The molecule has 19 heavy (non-hydrogen) atoms. The van der Waals surface area contributed by atoms with Crippen LogP contribution in [0.3, 0.4) is 0 Å². The van der Waals surface area contributed by atoms with E-state index in [4.69, 9.17) is 28.3 Å². The molecule has 0 aromatic heterocycles. The first-order chi connectivity index (χ1) is 8.75. The van der Waals surface area contributed by atoms with Crippen LogP contribution in [0.5, 0.6) is 0 Å². The number of benzene rings is 1. The lowest BCUT2D eigenvalue weighted by Gasteiger charge is -2.23. The van der Waals surface area contributed by atoms with Gasteiger partial charge in [0.15, 0.2) is 6.10 Å². The highest BCUT2D eigenvalue weighted by Crippen LogP contribution is 2.24. The normalized spacial score (nSPS) is 13.2. The number of nitrogens with one attached hydrogen (secondary N) is 1. The molecule has 1 atom stereocenters. The molecular formula is C13H17Cl2NO3. The zero-order valence-corrected chi connectivity index (χ0v) is 12.3. The number of aliphatic hydroxyl groups excluding tert-OH is 2. The van der Waals surface area contributed by atoms with Crippen molar-refractivity contribution in [2.45, 2.75) is 20.0 Å². The summed E-state index contributed by atoms with van der Waals surface area (Å²) in [4.78, 5) is 11.8. The Hall–Kier alpha value is -0.810. The maximum absolute atomic E-state index is 11.8. The first-order valence-electron chi connectivity index (χ1n) is 5.78. The maximum atomic E-state index is 11.8. The van der Waals surface area contributed by atoms with E-state index in [2.05, 4.69) is 5.32 Å². The van der Waals surface area contributed by atoms with Crippen LogP contribution in [0, 0.1) is 5.41 Å². The first kappa shape index (κ1) is 16.2. The summed E-state index contributed by atoms with van der Waals surface area (Å²) in [5.74, 6) is -0.556. The minimum Gasteiger partial charge on any atom is -0.396 e. The van der Waals surface area contributed by atoms with Crippen LogP contribution in [0.1, 0.15) is 25.5 Å². The Kier molecular flexibility index (Phi) is 5.62. The van der Waals surface area contributed by atoms with Gasteiger partial charge >= 0.3 is 0 Å². The van der Waals surface area contributed by atoms with E-state index >= 15 is 0 Å². The molecule has 0 aliphatic heterocycles. The SMILES string of the molecule is CC(C)(CO)CNC(=O)C(O)c1cc(Cl)cc(Cl)c1. The molecular weight excluding hydrogens is 289 g/mol. The molecule has 106 valence electrons. The third-order valence-corrected chi connectivity index (χ3v) is 3.05. The molecule has 0 aliphatic rings. The topological polar surface area (TPSA) is 69.6 Å². The van der Waals surface area contributed by atoms with Crippen LogP contribution in [0.2, 0.25) is 10.0 Å². The van der Waals surface area contributed by atoms with Gasteiger partial charge in [0, 0.05) is 28.6 Å². The van der Waals surface area contributed by atoms with Gasteiger partial charge in [0.2, 0.25) is 0 Å². The minimum absolute atomic E-state index is 0.0631. The summed E-state index contributed by atoms with van der Waals surface area (Å²) in [6.45, 7) is 3.80. The molecule has 0 bridgehead atoms. The van der Waals surface area contributed by atoms with E-state index in [0.717, 1.165) is 0 Å². The quantitative estimate of drug-likeness (QED) is 0.781. The van der Waals surface area contributed by atoms with Crippen LogP contribution in [0.15, 0.2) is 18.2 Å². The average molecular weight is 306 g/mol. The lowest BCUT2D eigenvalue weighted by Crippen LogP contribution is -2.38. The van der Waals surface area contributed by atoms with Crippen molar-refractivity contribution in [2.75, 3.05) is 13.2 Å². The van der Waals surface area contributed by atoms with Crippen molar-refractivity contribution in [3.63, 3.8) is 0 Å². The molecule has 1 unspecified atom stereocenters. The van der Waals surface area contributed by atoms with E-state index in [0.29, 0.717) is 15.6 Å². The predicted octanol–water partition coefficient (Wildman–Crippen LogP) is 2.16. The molecule has 1 amide bonds. The van der Waals surface area contributed by atoms with Gasteiger partial charge in [-0.3, -0.25) is 4.79 Å². The van der Waals surface area contributed by atoms with Crippen LogP contribution in [0.25, 0.3) is 0 Å². The van der Waals surface area contributed by atoms with Crippen molar-refractivity contribution in [3.05, 3.63) is 33.8 Å². The van der Waals surface area contributed by atoms with Crippen LogP contribution in [0.4, 0.5) is 0 Å². The van der Waals surface area contributed by atoms with E-state index in [1.165, 1.54) is 18.2 Å². The second-order valence-corrected chi connectivity index (χ2v) is 6.02. The Morgan fingerprint density at radius 3 is 2.32 bits per heavy atom. The molecule has 1 aromatic rings. The molecule has 1 rings (SSSR count). The molecule has 0 heterocycles. The number of amides is 1. The zero-order valence-electron chi connectivity index (χ0n) is 10.8. The fourth-order valence-electron chi connectivity index (χ4n) is 1.36. The van der Waals surface area contributed by atoms with Crippen molar-refractivity contribution >= 4 is 29.1 Å². The number of hydrogen-bond acceptors (Lipinski definition) is 3. The number of halogens is 2. The Morgan fingerprint density at radius 1 is 1.32 bits per heavy atom. The Morgan fingerprint density at radius 2 is 1.84 bits per heavy atom. The highest BCUT2D eigenvalue weighted by atomic mass is 35.5. The van der Waals surface area contributed by atoms with Gasteiger partial charge < -0.3 is 15.5 Å². The van der Waals surface area contributed by atoms with E-state index in [1.54, 1.807) is 13.8 Å². The summed E-state index contributed by atoms with van der Waals surface area (Å²) in [6.07, 6.45) is -1.34. The maximum Gasteiger partial charge on any atom is 0.253 e. The van der Waals surface area contributed by atoms with Crippen LogP contribution < -0.4 is 5.32 Å². The predicted molar refractivity (Wildman–Crippen MR) is 75.3 cm³/mol. The molecule has 0 aliphatic carbocycles. The second kappa shape index (κ2) is 6.57. The third-order valence-electron chi connectivity index (χ3n) is 2.62. The van der Waals surface area contributed by atoms with E-state index in [1.807, 2.05) is 0 Å². The molecule has 1 aromatic carbocycles. The molecule has 0 fully saturated rings. The van der Waals surface area contributed by atoms with Gasteiger partial charge in [0.25, 0.3) is 5.91 Å². The Balaban J connectivity index is 2.71. The first-order valence-corrected chi connectivity index (χ1v) is 6.53. The lowest BCUT2D eigenvalue weighted by molar-refractivity contribution is -0.130. The van der Waals surface area contributed by atoms with Gasteiger partial charge in [-0.25, -0.2) is 0 Å². The average Bonchev–Trinajstić information content (AvgIpc) is 2.34. The van der Waals surface area contributed by atoms with Gasteiger partial charge in [-0.15, -0.1) is 0 Å². The number of aliphatic hydroxyl groups is 2. The van der Waals surface area contributed by atoms with Gasteiger partial charge in [0.1, 0.15) is 0 Å². The number of hydrogen-bond donors (Lipinski definition) is 3. The van der Waals surface area contributed by atoms with Crippen LogP contribution in [-0.4, -0.2) is 29.3 Å². The van der Waals surface area contributed by atoms with Crippen LogP contribution in [-0.2, 0) is 4.79 Å². The van der Waals surface area contributed by atoms with Crippen LogP contribution >= 0.6 is 23.2 Å². The van der Waals surface area contributed by atoms with Gasteiger partial charge in [-0.2, -0.15) is 0 Å². The highest BCUT2D eigenvalue weighted by Gasteiger charge is 2.22. The monoisotopic (exact) mass is 305 g/mol. The summed E-state index contributed by atoms with van der Waals surface area (Å²) >= 11 is 11.6. The van der Waals surface area contributed by atoms with Crippen molar-refractivity contribution in [2.24, 2.45) is 5.41 Å². The van der Waals surface area contributed by atoms with Crippen molar-refractivity contribution < 1.29 is 15.0 Å². The second-order valence-electron chi connectivity index (χ2n) is 5.15. The summed E-state index contributed by atoms with van der Waals surface area (Å²) < 4.78 is 0. The fraction of sp³-hybridized carbons (Fsp3) is 0.462. The number of carbonyl (C=O) groups excluding carboxylic acids is 1. The standard InChI is InChI=1S/C13H17Cl2NO3/c1-13(2,7-17)6-16-12(19)11(18)8-3-9(14)5-10(15)4-8/h3-5,11,17-18H,6-7H2,1-2H3,(H,16,19). The van der Waals surface area contributed by atoms with Crippen molar-refractivity contribution in [3.8, 4) is 0 Å². The molecule has 0 radical (unpaired) electrons.